The topological polar surface area (TPSA) is 174 Å². The van der Waals surface area contributed by atoms with E-state index in [4.69, 9.17) is 9.47 Å². The van der Waals surface area contributed by atoms with Crippen LogP contribution in [0.4, 0.5) is 0 Å². The molecule has 2 rings (SSSR count). The Morgan fingerprint density at radius 2 is 0.968 bits per heavy atom. The molecule has 168 valence electrons. The Kier molecular flexibility index (Phi) is 7.23. The van der Waals surface area contributed by atoms with Crippen molar-refractivity contribution < 1.29 is 49.7 Å². The van der Waals surface area contributed by atoms with Gasteiger partial charge < -0.3 is 40.1 Å². The first-order chi connectivity index (χ1) is 14.4. The third-order valence-corrected chi connectivity index (χ3v) is 7.75. The molecule has 0 aliphatic heterocycles. The molecule has 0 radical (unpaired) electrons. The van der Waals surface area contributed by atoms with Crippen LogP contribution in [0.5, 0.6) is 34.5 Å². The number of hydrogen-bond acceptors (Lipinski definition) is 10. The van der Waals surface area contributed by atoms with Crippen molar-refractivity contribution in [2.75, 3.05) is 13.2 Å². The fraction of sp³-hybridized carbons (Fsp3) is 0.300. The van der Waals surface area contributed by atoms with Crippen LogP contribution in [0.25, 0.3) is 0 Å². The molecule has 0 aliphatic rings. The molecule has 0 unspecified atom stereocenters. The predicted molar refractivity (Wildman–Crippen MR) is 111 cm³/mol. The zero-order chi connectivity index (χ0) is 23.3. The third kappa shape index (κ3) is 6.19. The van der Waals surface area contributed by atoms with Crippen molar-refractivity contribution >= 4 is 20.0 Å². The highest BCUT2D eigenvalue weighted by Crippen LogP contribution is 2.36. The molecule has 6 N–H and O–H groups in total. The lowest BCUT2D eigenvalue weighted by Crippen LogP contribution is -2.29. The normalized spacial score (nSPS) is 11.2. The van der Waals surface area contributed by atoms with Gasteiger partial charge in [-0.2, -0.15) is 0 Å². The van der Waals surface area contributed by atoms with Gasteiger partial charge in [-0.1, -0.05) is 13.1 Å². The summed E-state index contributed by atoms with van der Waals surface area (Å²) in [6.07, 6.45) is 0. The first kappa shape index (κ1) is 23.7. The average Bonchev–Trinajstić information content (AvgIpc) is 2.68. The number of benzene rings is 2. The zero-order valence-electron chi connectivity index (χ0n) is 17.0. The Labute approximate surface area is 178 Å². The summed E-state index contributed by atoms with van der Waals surface area (Å²) in [7, 11) is -1.93. The number of aromatic hydroxyl groups is 6. The average molecular weight is 452 g/mol. The van der Waals surface area contributed by atoms with Crippen LogP contribution < -0.4 is 0 Å². The molecule has 0 saturated carbocycles. The SMILES string of the molecule is C[Si](C)(CCOC(=O)c1cc(O)c(O)c(O)c1)CCOC(=O)c1cc(O)c(O)c(O)c1. The summed E-state index contributed by atoms with van der Waals surface area (Å²) in [5.74, 6) is -5.55. The molecule has 0 saturated heterocycles. The van der Waals surface area contributed by atoms with Crippen molar-refractivity contribution in [3.05, 3.63) is 35.4 Å². The van der Waals surface area contributed by atoms with Gasteiger partial charge in [0.15, 0.2) is 34.5 Å². The van der Waals surface area contributed by atoms with Crippen LogP contribution in [-0.2, 0) is 9.47 Å². The molecular weight excluding hydrogens is 428 g/mol. The van der Waals surface area contributed by atoms with Gasteiger partial charge in [0.25, 0.3) is 0 Å². The van der Waals surface area contributed by atoms with Gasteiger partial charge in [0.2, 0.25) is 0 Å². The summed E-state index contributed by atoms with van der Waals surface area (Å²) in [6.45, 7) is 4.17. The Bertz CT molecular complexity index is 862. The van der Waals surface area contributed by atoms with E-state index in [1.54, 1.807) is 0 Å². The van der Waals surface area contributed by atoms with E-state index in [-0.39, 0.29) is 24.3 Å². The highest BCUT2D eigenvalue weighted by atomic mass is 28.3. The minimum atomic E-state index is -1.93. The number of carbonyl (C=O) groups is 2. The second kappa shape index (κ2) is 9.47. The molecule has 31 heavy (non-hydrogen) atoms. The number of phenols is 6. The van der Waals surface area contributed by atoms with Crippen molar-refractivity contribution in [1.82, 2.24) is 0 Å². The summed E-state index contributed by atoms with van der Waals surface area (Å²) >= 11 is 0. The summed E-state index contributed by atoms with van der Waals surface area (Å²) < 4.78 is 10.3. The summed E-state index contributed by atoms with van der Waals surface area (Å²) in [6, 6.07) is 5.04. The van der Waals surface area contributed by atoms with Crippen LogP contribution in [0.3, 0.4) is 0 Å². The van der Waals surface area contributed by atoms with Gasteiger partial charge in [0.05, 0.1) is 32.4 Å². The zero-order valence-corrected chi connectivity index (χ0v) is 18.0. The van der Waals surface area contributed by atoms with E-state index < -0.39 is 54.5 Å². The van der Waals surface area contributed by atoms with E-state index in [9.17, 15) is 40.2 Å². The third-order valence-electron chi connectivity index (χ3n) is 4.63. The van der Waals surface area contributed by atoms with Crippen LogP contribution in [0.1, 0.15) is 20.7 Å². The number of esters is 2. The minimum absolute atomic E-state index is 0.0775. The predicted octanol–water partition coefficient (Wildman–Crippen LogP) is 2.64. The lowest BCUT2D eigenvalue weighted by atomic mass is 10.2. The van der Waals surface area contributed by atoms with Gasteiger partial charge >= 0.3 is 11.9 Å². The van der Waals surface area contributed by atoms with E-state index in [0.29, 0.717) is 12.1 Å². The lowest BCUT2D eigenvalue weighted by molar-refractivity contribution is 0.0523. The van der Waals surface area contributed by atoms with Crippen LogP contribution >= 0.6 is 0 Å². The largest absolute Gasteiger partial charge is 0.504 e. The van der Waals surface area contributed by atoms with E-state index in [2.05, 4.69) is 0 Å². The van der Waals surface area contributed by atoms with Crippen molar-refractivity contribution in [2.45, 2.75) is 25.2 Å². The second-order valence-electron chi connectivity index (χ2n) is 7.66. The van der Waals surface area contributed by atoms with Gasteiger partial charge in [0.1, 0.15) is 0 Å². The fourth-order valence-corrected chi connectivity index (χ4v) is 4.14. The molecule has 0 amide bonds. The molecule has 0 atom stereocenters. The molecule has 11 heteroatoms. The maximum atomic E-state index is 12.0. The number of ether oxygens (including phenoxy) is 2. The minimum Gasteiger partial charge on any atom is -0.504 e. The fourth-order valence-electron chi connectivity index (χ4n) is 2.58. The van der Waals surface area contributed by atoms with Crippen molar-refractivity contribution in [2.24, 2.45) is 0 Å². The first-order valence-corrected chi connectivity index (χ1v) is 12.7. The molecule has 0 fully saturated rings. The second-order valence-corrected chi connectivity index (χ2v) is 13.0. The van der Waals surface area contributed by atoms with E-state index in [1.165, 1.54) is 0 Å². The molecule has 0 aliphatic carbocycles. The van der Waals surface area contributed by atoms with Gasteiger partial charge in [0, 0.05) is 0 Å². The number of phenolic OH excluding ortho intramolecular Hbond substituents is 6. The van der Waals surface area contributed by atoms with Gasteiger partial charge in [-0.15, -0.1) is 0 Å². The van der Waals surface area contributed by atoms with Crippen LogP contribution in [-0.4, -0.2) is 63.9 Å². The van der Waals surface area contributed by atoms with Gasteiger partial charge in [-0.3, -0.25) is 0 Å². The molecule has 0 aromatic heterocycles. The Morgan fingerprint density at radius 1 is 0.677 bits per heavy atom. The lowest BCUT2D eigenvalue weighted by Gasteiger charge is -2.22. The molecule has 2 aromatic rings. The van der Waals surface area contributed by atoms with Crippen LogP contribution in [0, 0.1) is 0 Å². The molecule has 0 bridgehead atoms. The monoisotopic (exact) mass is 452 g/mol. The molecule has 0 spiro atoms. The maximum absolute atomic E-state index is 12.0. The number of carbonyl (C=O) groups excluding carboxylic acids is 2. The van der Waals surface area contributed by atoms with E-state index in [0.717, 1.165) is 24.3 Å². The summed E-state index contributed by atoms with van der Waals surface area (Å²) in [4.78, 5) is 24.1. The molecule has 2 aromatic carbocycles. The Hall–Kier alpha value is -3.60. The highest BCUT2D eigenvalue weighted by molar-refractivity contribution is 6.77. The van der Waals surface area contributed by atoms with E-state index >= 15 is 0 Å². The van der Waals surface area contributed by atoms with E-state index in [1.807, 2.05) is 13.1 Å². The standard InChI is InChI=1S/C20H24O10Si/c1-31(2,5-3-29-19(27)11-7-13(21)17(25)14(22)8-11)6-4-30-20(28)12-9-15(23)18(26)16(24)10-12/h7-10,21-26H,3-6H2,1-2H3. The van der Waals surface area contributed by atoms with Gasteiger partial charge in [-0.05, 0) is 36.4 Å². The summed E-state index contributed by atoms with van der Waals surface area (Å²) in [5.41, 5.74) is -0.219. The molecular formula is C20H24O10Si. The maximum Gasteiger partial charge on any atom is 0.338 e. The number of hydrogen-bond donors (Lipinski definition) is 6. The van der Waals surface area contributed by atoms with Crippen LogP contribution in [0.2, 0.25) is 25.2 Å². The Balaban J connectivity index is 1.81. The highest BCUT2D eigenvalue weighted by Gasteiger charge is 2.23. The van der Waals surface area contributed by atoms with Crippen molar-refractivity contribution in [3.8, 4) is 34.5 Å². The van der Waals surface area contributed by atoms with Crippen LogP contribution in [0.15, 0.2) is 24.3 Å². The molecule has 0 heterocycles. The van der Waals surface area contributed by atoms with Crippen molar-refractivity contribution in [3.63, 3.8) is 0 Å². The first-order valence-electron chi connectivity index (χ1n) is 9.25. The smallest absolute Gasteiger partial charge is 0.338 e. The van der Waals surface area contributed by atoms with Gasteiger partial charge in [-0.25, -0.2) is 9.59 Å². The molecule has 10 nitrogen and oxygen atoms in total. The summed E-state index contributed by atoms with van der Waals surface area (Å²) in [5, 5.41) is 56.5. The number of rotatable bonds is 8. The van der Waals surface area contributed by atoms with Crippen molar-refractivity contribution in [1.29, 1.82) is 0 Å². The Morgan fingerprint density at radius 3 is 1.26 bits per heavy atom. The quantitative estimate of drug-likeness (QED) is 0.198.